The summed E-state index contributed by atoms with van der Waals surface area (Å²) in [5.74, 6) is 0.263. The standard InChI is InChI=1S/C24H24FN5O4S/c1-4-11-30-21(14(2)26-23(32)17-7-5-6-8-18(17)25)28-29-24(30)35-15(3)22(31)27-16-9-10-19-20(12-16)34-13-33-19/h4-10,12,14-15H,1,11,13H2,2-3H3,(H,26,32)(H,27,31). The molecule has 2 N–H and O–H groups in total. The van der Waals surface area contributed by atoms with Gasteiger partial charge in [-0.3, -0.25) is 9.59 Å². The second-order valence-corrected chi connectivity index (χ2v) is 9.04. The van der Waals surface area contributed by atoms with Crippen LogP contribution in [0.2, 0.25) is 0 Å². The van der Waals surface area contributed by atoms with Gasteiger partial charge in [0.25, 0.3) is 5.91 Å². The largest absolute Gasteiger partial charge is 0.454 e. The second-order valence-electron chi connectivity index (χ2n) is 7.73. The average molecular weight is 498 g/mol. The Balaban J connectivity index is 1.44. The first-order chi connectivity index (χ1) is 16.9. The van der Waals surface area contributed by atoms with Crippen LogP contribution in [0.3, 0.4) is 0 Å². The Morgan fingerprint density at radius 1 is 1.20 bits per heavy atom. The second kappa shape index (κ2) is 10.6. The van der Waals surface area contributed by atoms with Crippen molar-refractivity contribution < 1.29 is 23.5 Å². The molecule has 2 atom stereocenters. The number of nitrogens with zero attached hydrogens (tertiary/aromatic N) is 3. The zero-order valence-electron chi connectivity index (χ0n) is 19.2. The van der Waals surface area contributed by atoms with Crippen LogP contribution in [-0.4, -0.2) is 38.6 Å². The summed E-state index contributed by atoms with van der Waals surface area (Å²) in [7, 11) is 0. The average Bonchev–Trinajstić information content (AvgIpc) is 3.46. The van der Waals surface area contributed by atoms with Crippen LogP contribution in [0.25, 0.3) is 0 Å². The molecule has 9 nitrogen and oxygen atoms in total. The molecule has 2 heterocycles. The first-order valence-corrected chi connectivity index (χ1v) is 11.7. The third-order valence-corrected chi connectivity index (χ3v) is 6.28. The fourth-order valence-electron chi connectivity index (χ4n) is 3.42. The number of benzene rings is 2. The highest BCUT2D eigenvalue weighted by atomic mass is 32.2. The van der Waals surface area contributed by atoms with Crippen LogP contribution in [0.1, 0.15) is 36.1 Å². The normalized spacial score (nSPS) is 13.7. The number of halogens is 1. The van der Waals surface area contributed by atoms with E-state index in [1.165, 1.54) is 30.0 Å². The summed E-state index contributed by atoms with van der Waals surface area (Å²) in [6, 6.07) is 10.4. The summed E-state index contributed by atoms with van der Waals surface area (Å²) in [6.07, 6.45) is 1.67. The number of carbonyl (C=O) groups excluding carboxylic acids is 2. The molecule has 0 saturated carbocycles. The van der Waals surface area contributed by atoms with E-state index in [1.807, 2.05) is 0 Å². The number of amides is 2. The highest BCUT2D eigenvalue weighted by Crippen LogP contribution is 2.34. The number of fused-ring (bicyclic) bond motifs is 1. The number of nitrogens with one attached hydrogen (secondary N) is 2. The van der Waals surface area contributed by atoms with Gasteiger partial charge in [0.05, 0.1) is 16.9 Å². The number of rotatable bonds is 9. The summed E-state index contributed by atoms with van der Waals surface area (Å²) in [6.45, 7) is 7.77. The first-order valence-electron chi connectivity index (χ1n) is 10.8. The van der Waals surface area contributed by atoms with Crippen molar-refractivity contribution in [3.63, 3.8) is 0 Å². The summed E-state index contributed by atoms with van der Waals surface area (Å²) in [5, 5.41) is 14.0. The van der Waals surface area contributed by atoms with Crippen molar-refractivity contribution in [2.75, 3.05) is 12.1 Å². The number of carbonyl (C=O) groups is 2. The summed E-state index contributed by atoms with van der Waals surface area (Å²) >= 11 is 1.22. The topological polar surface area (TPSA) is 107 Å². The quantitative estimate of drug-likeness (QED) is 0.341. The molecule has 2 amide bonds. The van der Waals surface area contributed by atoms with Crippen LogP contribution in [0, 0.1) is 5.82 Å². The highest BCUT2D eigenvalue weighted by molar-refractivity contribution is 8.00. The lowest BCUT2D eigenvalue weighted by molar-refractivity contribution is -0.115. The van der Waals surface area contributed by atoms with Crippen molar-refractivity contribution in [1.29, 1.82) is 0 Å². The van der Waals surface area contributed by atoms with Gasteiger partial charge in [-0.2, -0.15) is 0 Å². The van der Waals surface area contributed by atoms with Crippen LogP contribution < -0.4 is 20.1 Å². The lowest BCUT2D eigenvalue weighted by Gasteiger charge is -2.16. The first kappa shape index (κ1) is 24.3. The molecule has 2 aromatic carbocycles. The molecular weight excluding hydrogens is 473 g/mol. The van der Waals surface area contributed by atoms with Gasteiger partial charge in [-0.05, 0) is 38.1 Å². The van der Waals surface area contributed by atoms with Gasteiger partial charge < -0.3 is 24.7 Å². The van der Waals surface area contributed by atoms with Crippen molar-refractivity contribution in [2.45, 2.75) is 36.8 Å². The number of hydrogen-bond acceptors (Lipinski definition) is 7. The Morgan fingerprint density at radius 3 is 2.74 bits per heavy atom. The minimum Gasteiger partial charge on any atom is -0.454 e. The number of ether oxygens (including phenoxy) is 2. The fraction of sp³-hybridized carbons (Fsp3) is 0.250. The lowest BCUT2D eigenvalue weighted by Crippen LogP contribution is -2.29. The number of aromatic nitrogens is 3. The van der Waals surface area contributed by atoms with Gasteiger partial charge in [0.15, 0.2) is 22.5 Å². The Morgan fingerprint density at radius 2 is 1.97 bits per heavy atom. The molecular formula is C24H24FN5O4S. The third kappa shape index (κ3) is 5.46. The summed E-state index contributed by atoms with van der Waals surface area (Å²) in [4.78, 5) is 25.3. The van der Waals surface area contributed by atoms with Crippen molar-refractivity contribution >= 4 is 29.3 Å². The van der Waals surface area contributed by atoms with Crippen molar-refractivity contribution in [3.8, 4) is 11.5 Å². The van der Waals surface area contributed by atoms with Gasteiger partial charge in [-0.1, -0.05) is 30.0 Å². The van der Waals surface area contributed by atoms with E-state index >= 15 is 0 Å². The van der Waals surface area contributed by atoms with Crippen LogP contribution in [0.4, 0.5) is 10.1 Å². The molecule has 0 saturated heterocycles. The Bertz CT molecular complexity index is 1260. The smallest absolute Gasteiger partial charge is 0.254 e. The molecule has 0 aliphatic carbocycles. The molecule has 0 spiro atoms. The monoisotopic (exact) mass is 497 g/mol. The molecule has 0 fully saturated rings. The SMILES string of the molecule is C=CCn1c(SC(C)C(=O)Nc2ccc3c(c2)OCO3)nnc1C(C)NC(=O)c1ccccc1F. The molecule has 182 valence electrons. The van der Waals surface area contributed by atoms with Gasteiger partial charge in [0.1, 0.15) is 5.82 Å². The van der Waals surface area contributed by atoms with Gasteiger partial charge in [0, 0.05) is 18.3 Å². The van der Waals surface area contributed by atoms with E-state index < -0.39 is 23.0 Å². The highest BCUT2D eigenvalue weighted by Gasteiger charge is 2.24. The van der Waals surface area contributed by atoms with Crippen LogP contribution in [0.5, 0.6) is 11.5 Å². The maximum Gasteiger partial charge on any atom is 0.254 e. The van der Waals surface area contributed by atoms with Crippen LogP contribution in [0.15, 0.2) is 60.3 Å². The molecule has 1 aromatic heterocycles. The van der Waals surface area contributed by atoms with Gasteiger partial charge >= 0.3 is 0 Å². The molecule has 1 aliphatic heterocycles. The molecule has 2 unspecified atom stereocenters. The zero-order valence-corrected chi connectivity index (χ0v) is 20.0. The molecule has 3 aromatic rings. The van der Waals surface area contributed by atoms with E-state index in [2.05, 4.69) is 27.4 Å². The van der Waals surface area contributed by atoms with E-state index in [0.717, 1.165) is 0 Å². The van der Waals surface area contributed by atoms with Crippen molar-refractivity contribution in [1.82, 2.24) is 20.1 Å². The Hall–Kier alpha value is -3.86. The van der Waals surface area contributed by atoms with E-state index in [-0.39, 0.29) is 18.3 Å². The van der Waals surface area contributed by atoms with Crippen molar-refractivity contribution in [2.24, 2.45) is 0 Å². The van der Waals surface area contributed by atoms with E-state index in [0.29, 0.717) is 34.7 Å². The van der Waals surface area contributed by atoms with Crippen LogP contribution >= 0.6 is 11.8 Å². The summed E-state index contributed by atoms with van der Waals surface area (Å²) in [5.41, 5.74) is 0.530. The minimum atomic E-state index is -0.608. The Labute approximate surface area is 205 Å². The molecule has 0 bridgehead atoms. The van der Waals surface area contributed by atoms with Crippen LogP contribution in [-0.2, 0) is 11.3 Å². The van der Waals surface area contributed by atoms with E-state index in [4.69, 9.17) is 9.47 Å². The molecule has 35 heavy (non-hydrogen) atoms. The lowest BCUT2D eigenvalue weighted by atomic mass is 10.2. The predicted octanol–water partition coefficient (Wildman–Crippen LogP) is 3.94. The molecule has 0 radical (unpaired) electrons. The summed E-state index contributed by atoms with van der Waals surface area (Å²) < 4.78 is 26.4. The van der Waals surface area contributed by atoms with Gasteiger partial charge in [-0.25, -0.2) is 4.39 Å². The van der Waals surface area contributed by atoms with E-state index in [1.54, 1.807) is 48.8 Å². The predicted molar refractivity (Wildman–Crippen MR) is 129 cm³/mol. The Kier molecular flexibility index (Phi) is 7.35. The zero-order chi connectivity index (χ0) is 24.9. The molecule has 11 heteroatoms. The van der Waals surface area contributed by atoms with Gasteiger partial charge in [0.2, 0.25) is 12.7 Å². The number of anilines is 1. The van der Waals surface area contributed by atoms with Crippen molar-refractivity contribution in [3.05, 3.63) is 72.3 Å². The third-order valence-electron chi connectivity index (χ3n) is 5.20. The molecule has 4 rings (SSSR count). The maximum absolute atomic E-state index is 14.0. The van der Waals surface area contributed by atoms with Gasteiger partial charge in [-0.15, -0.1) is 16.8 Å². The number of thioether (sulfide) groups is 1. The molecule has 1 aliphatic rings. The number of allylic oxidation sites excluding steroid dienone is 1. The maximum atomic E-state index is 14.0. The fourth-order valence-corrected chi connectivity index (χ4v) is 4.29. The minimum absolute atomic E-state index is 0.0578. The van der Waals surface area contributed by atoms with E-state index in [9.17, 15) is 14.0 Å². The number of hydrogen-bond donors (Lipinski definition) is 2.